The first-order valence-electron chi connectivity index (χ1n) is 15.8. The van der Waals surface area contributed by atoms with Crippen molar-refractivity contribution in [3.8, 4) is 11.8 Å². The van der Waals surface area contributed by atoms with Crippen molar-refractivity contribution in [3.63, 3.8) is 0 Å². The van der Waals surface area contributed by atoms with E-state index in [1.165, 1.54) is 37.1 Å². The van der Waals surface area contributed by atoms with Crippen LogP contribution in [0.2, 0.25) is 0 Å². The zero-order chi connectivity index (χ0) is 31.9. The molecule has 2 heteroatoms. The van der Waals surface area contributed by atoms with Crippen LogP contribution >= 0.6 is 14.5 Å². The molecule has 0 bridgehead atoms. The van der Waals surface area contributed by atoms with Crippen LogP contribution in [0.15, 0.2) is 193 Å². The number of allylic oxidation sites excluding steroid dienone is 1. The van der Waals surface area contributed by atoms with Crippen LogP contribution in [-0.2, 0) is 0 Å². The van der Waals surface area contributed by atoms with Crippen LogP contribution in [0, 0.1) is 17.3 Å². The van der Waals surface area contributed by atoms with Crippen LogP contribution in [-0.4, -0.2) is 0 Å². The monoisotopic (exact) mass is 630 g/mol. The van der Waals surface area contributed by atoms with Gasteiger partial charge in [0.05, 0.1) is 0 Å². The molecule has 0 N–H and O–H groups in total. The third-order valence-electron chi connectivity index (χ3n) is 8.16. The maximum Gasteiger partial charge on any atom is 0.194 e. The molecule has 0 aliphatic rings. The van der Waals surface area contributed by atoms with E-state index in [0.29, 0.717) is 0 Å². The van der Waals surface area contributed by atoms with E-state index in [-0.39, 0.29) is 5.41 Å². The van der Waals surface area contributed by atoms with Crippen molar-refractivity contribution in [2.75, 3.05) is 0 Å². The first-order valence-corrected chi connectivity index (χ1v) is 19.5. The lowest BCUT2D eigenvalue weighted by atomic mass is 9.98. The van der Waals surface area contributed by atoms with Gasteiger partial charge in [-0.3, -0.25) is 0 Å². The summed E-state index contributed by atoms with van der Waals surface area (Å²) in [6.45, 7) is 6.62. The van der Waals surface area contributed by atoms with E-state index in [2.05, 4.69) is 220 Å². The van der Waals surface area contributed by atoms with Gasteiger partial charge in [-0.05, 0) is 99.5 Å². The van der Waals surface area contributed by atoms with Crippen molar-refractivity contribution in [2.45, 2.75) is 20.8 Å². The van der Waals surface area contributed by atoms with E-state index in [1.54, 1.807) is 0 Å². The normalized spacial score (nSPS) is 12.2. The molecule has 6 aromatic carbocycles. The minimum absolute atomic E-state index is 0.188. The Morgan fingerprint density at radius 1 is 0.413 bits per heavy atom. The Morgan fingerprint density at radius 3 is 0.935 bits per heavy atom. The summed E-state index contributed by atoms with van der Waals surface area (Å²) in [5.74, 6) is 10.3. The van der Waals surface area contributed by atoms with Crippen molar-refractivity contribution in [1.29, 1.82) is 0 Å². The highest BCUT2D eigenvalue weighted by molar-refractivity contribution is 8.02. The molecule has 0 aliphatic heterocycles. The van der Waals surface area contributed by atoms with Gasteiger partial charge in [0.2, 0.25) is 0 Å². The minimum atomic E-state index is -2.49. The fourth-order valence-corrected chi connectivity index (χ4v) is 14.8. The van der Waals surface area contributed by atoms with Gasteiger partial charge in [-0.2, -0.15) is 0 Å². The fraction of sp³-hybridized carbons (Fsp3) is 0.0909. The molecule has 0 amide bonds. The van der Waals surface area contributed by atoms with Crippen LogP contribution in [0.25, 0.3) is 0 Å². The lowest BCUT2D eigenvalue weighted by Gasteiger charge is -2.30. The van der Waals surface area contributed by atoms with Gasteiger partial charge in [0.25, 0.3) is 0 Å². The lowest BCUT2D eigenvalue weighted by molar-refractivity contribution is 0.571. The highest BCUT2D eigenvalue weighted by atomic mass is 31.2. The summed E-state index contributed by atoms with van der Waals surface area (Å²) in [4.78, 5) is 0. The van der Waals surface area contributed by atoms with Gasteiger partial charge in [0, 0.05) is 5.41 Å². The van der Waals surface area contributed by atoms with Crippen LogP contribution < -0.4 is 31.8 Å². The highest BCUT2D eigenvalue weighted by Gasteiger charge is 2.54. The first kappa shape index (κ1) is 31.5. The van der Waals surface area contributed by atoms with E-state index < -0.39 is 14.5 Å². The zero-order valence-electron chi connectivity index (χ0n) is 26.8. The molecule has 0 unspecified atom stereocenters. The molecule has 224 valence electrons. The summed E-state index contributed by atoms with van der Waals surface area (Å²) in [5.41, 5.74) is -0.188. The maximum atomic E-state index is 3.95. The Morgan fingerprint density at radius 2 is 0.674 bits per heavy atom. The number of benzene rings is 6. The highest BCUT2D eigenvalue weighted by Crippen LogP contribution is 2.67. The molecule has 0 saturated heterocycles. The summed E-state index contributed by atoms with van der Waals surface area (Å²) in [7, 11) is -4.88. The molecule has 0 aromatic heterocycles. The molecule has 0 aliphatic carbocycles. The molecule has 0 spiro atoms. The summed E-state index contributed by atoms with van der Waals surface area (Å²) in [5, 5.41) is 9.03. The van der Waals surface area contributed by atoms with Crippen LogP contribution in [0.5, 0.6) is 0 Å². The SMILES string of the molecule is CC(C)(C)C#CC(=C[P+](c1ccccc1)(c1ccccc1)c1ccccc1)[P+](c1ccccc1)(c1ccccc1)c1ccccc1. The second-order valence-electron chi connectivity index (χ2n) is 12.4. The summed E-state index contributed by atoms with van der Waals surface area (Å²) >= 11 is 0. The largest absolute Gasteiger partial charge is 0.194 e. The van der Waals surface area contributed by atoms with Crippen LogP contribution in [0.1, 0.15) is 20.8 Å². The third kappa shape index (κ3) is 6.28. The van der Waals surface area contributed by atoms with Gasteiger partial charge in [-0.15, -0.1) is 0 Å². The minimum Gasteiger partial charge on any atom is -0.0884 e. The number of hydrogen-bond acceptors (Lipinski definition) is 0. The molecule has 0 heterocycles. The molecular formula is C44H40P2+2. The van der Waals surface area contributed by atoms with Gasteiger partial charge >= 0.3 is 0 Å². The third-order valence-corrected chi connectivity index (χ3v) is 16.5. The van der Waals surface area contributed by atoms with Gasteiger partial charge in [-0.25, -0.2) is 0 Å². The zero-order valence-corrected chi connectivity index (χ0v) is 28.6. The van der Waals surface area contributed by atoms with Gasteiger partial charge in [-0.1, -0.05) is 115 Å². The second-order valence-corrected chi connectivity index (χ2v) is 19.0. The Labute approximate surface area is 276 Å². The van der Waals surface area contributed by atoms with E-state index in [9.17, 15) is 0 Å². The maximum absolute atomic E-state index is 3.95. The summed E-state index contributed by atoms with van der Waals surface area (Å²) < 4.78 is 0. The fourth-order valence-electron chi connectivity index (χ4n) is 6.12. The van der Waals surface area contributed by atoms with Crippen molar-refractivity contribution in [3.05, 3.63) is 193 Å². The standard InChI is InChI=1S/C44H40P2/c1-44(2,3)35-34-43(46(40-28-16-7-17-29-40,41-30-18-8-19-31-41)42-32-20-9-21-33-42)36-45(37-22-10-4-11-23-37,38-24-12-5-13-25-38)39-26-14-6-15-27-39/h4-33,36H,1-3H3/q+2. The molecule has 46 heavy (non-hydrogen) atoms. The van der Waals surface area contributed by atoms with E-state index in [4.69, 9.17) is 0 Å². The van der Waals surface area contributed by atoms with E-state index in [0.717, 1.165) is 0 Å². The Kier molecular flexibility index (Phi) is 9.48. The van der Waals surface area contributed by atoms with Crippen molar-refractivity contribution >= 4 is 46.4 Å². The smallest absolute Gasteiger partial charge is 0.0884 e. The second kappa shape index (κ2) is 13.9. The predicted octanol–water partition coefficient (Wildman–Crippen LogP) is 8.87. The van der Waals surface area contributed by atoms with Gasteiger partial charge in [0.1, 0.15) is 44.9 Å². The Bertz CT molecular complexity index is 1740. The van der Waals surface area contributed by atoms with Crippen molar-refractivity contribution in [1.82, 2.24) is 0 Å². The molecule has 6 rings (SSSR count). The molecule has 0 saturated carbocycles. The molecule has 6 aromatic rings. The number of hydrogen-bond donors (Lipinski definition) is 0. The number of rotatable bonds is 8. The average molecular weight is 631 g/mol. The lowest BCUT2D eigenvalue weighted by Crippen LogP contribution is -2.34. The van der Waals surface area contributed by atoms with Gasteiger partial charge in [0.15, 0.2) is 12.6 Å². The van der Waals surface area contributed by atoms with Gasteiger partial charge < -0.3 is 0 Å². The first-order chi connectivity index (χ1) is 22.4. The Balaban J connectivity index is 1.87. The summed E-state index contributed by atoms with van der Waals surface area (Å²) in [6.07, 6.45) is 0. The molecule has 0 nitrogen and oxygen atoms in total. The Hall–Kier alpha value is -4.52. The van der Waals surface area contributed by atoms with E-state index in [1.807, 2.05) is 0 Å². The van der Waals surface area contributed by atoms with Crippen molar-refractivity contribution in [2.24, 2.45) is 5.41 Å². The topological polar surface area (TPSA) is 0 Å². The van der Waals surface area contributed by atoms with E-state index >= 15 is 0 Å². The molecular weight excluding hydrogens is 590 g/mol. The van der Waals surface area contributed by atoms with Crippen molar-refractivity contribution < 1.29 is 0 Å². The van der Waals surface area contributed by atoms with Crippen LogP contribution in [0.3, 0.4) is 0 Å². The molecule has 0 fully saturated rings. The quantitative estimate of drug-likeness (QED) is 0.116. The molecule has 0 radical (unpaired) electrons. The predicted molar refractivity (Wildman–Crippen MR) is 206 cm³/mol. The van der Waals surface area contributed by atoms with Crippen LogP contribution in [0.4, 0.5) is 0 Å². The molecule has 0 atom stereocenters. The summed E-state index contributed by atoms with van der Waals surface area (Å²) in [6, 6.07) is 66.6. The average Bonchev–Trinajstić information content (AvgIpc) is 3.12.